The summed E-state index contributed by atoms with van der Waals surface area (Å²) >= 11 is 7.42. The molecule has 0 aliphatic rings. The normalized spacial score (nSPS) is 11.1. The zero-order valence-electron chi connectivity index (χ0n) is 15.0. The van der Waals surface area contributed by atoms with Crippen molar-refractivity contribution in [1.82, 2.24) is 9.38 Å². The van der Waals surface area contributed by atoms with Crippen LogP contribution in [0.3, 0.4) is 0 Å². The highest BCUT2D eigenvalue weighted by atomic mass is 35.5. The highest BCUT2D eigenvalue weighted by Crippen LogP contribution is 2.25. The van der Waals surface area contributed by atoms with Crippen LogP contribution in [-0.4, -0.2) is 15.3 Å². The van der Waals surface area contributed by atoms with Crippen molar-refractivity contribution in [2.24, 2.45) is 0 Å². The van der Waals surface area contributed by atoms with Crippen LogP contribution in [0, 0.1) is 13.8 Å². The molecule has 2 heterocycles. The van der Waals surface area contributed by atoms with Crippen molar-refractivity contribution < 1.29 is 4.79 Å². The summed E-state index contributed by atoms with van der Waals surface area (Å²) in [5.41, 5.74) is 6.17. The summed E-state index contributed by atoms with van der Waals surface area (Å²) < 4.78 is 2.00. The molecule has 27 heavy (non-hydrogen) atoms. The van der Waals surface area contributed by atoms with Crippen LogP contribution in [0.1, 0.15) is 16.8 Å². The first-order chi connectivity index (χ1) is 13.0. The van der Waals surface area contributed by atoms with Gasteiger partial charge in [0, 0.05) is 33.5 Å². The number of aromatic nitrogens is 2. The van der Waals surface area contributed by atoms with Gasteiger partial charge in [0.05, 0.1) is 12.1 Å². The van der Waals surface area contributed by atoms with Crippen molar-refractivity contribution in [2.45, 2.75) is 20.3 Å². The Bertz CT molecular complexity index is 1130. The summed E-state index contributed by atoms with van der Waals surface area (Å²) in [4.78, 5) is 18.0. The molecule has 0 bridgehead atoms. The van der Waals surface area contributed by atoms with E-state index in [1.54, 1.807) is 35.6 Å². The zero-order chi connectivity index (χ0) is 19.0. The van der Waals surface area contributed by atoms with E-state index < -0.39 is 0 Å². The molecular formula is C21H18ClN3OS. The van der Waals surface area contributed by atoms with Gasteiger partial charge in [0.15, 0.2) is 4.96 Å². The third-order valence-electron chi connectivity index (χ3n) is 4.56. The predicted molar refractivity (Wildman–Crippen MR) is 112 cm³/mol. The summed E-state index contributed by atoms with van der Waals surface area (Å²) in [5, 5.41) is 5.52. The topological polar surface area (TPSA) is 46.4 Å². The van der Waals surface area contributed by atoms with Crippen LogP contribution in [0.15, 0.2) is 54.0 Å². The molecule has 136 valence electrons. The van der Waals surface area contributed by atoms with Crippen molar-refractivity contribution in [2.75, 3.05) is 5.32 Å². The number of nitrogens with one attached hydrogen (secondary N) is 1. The third-order valence-corrected chi connectivity index (χ3v) is 5.70. The van der Waals surface area contributed by atoms with E-state index in [1.807, 2.05) is 16.0 Å². The van der Waals surface area contributed by atoms with Gasteiger partial charge in [0.25, 0.3) is 0 Å². The number of imidazole rings is 1. The number of rotatable bonds is 4. The van der Waals surface area contributed by atoms with Crippen molar-refractivity contribution >= 4 is 39.5 Å². The van der Waals surface area contributed by atoms with Gasteiger partial charge >= 0.3 is 0 Å². The summed E-state index contributed by atoms with van der Waals surface area (Å²) in [6, 6.07) is 13.4. The Morgan fingerprint density at radius 2 is 1.93 bits per heavy atom. The first-order valence-corrected chi connectivity index (χ1v) is 9.84. The molecule has 0 fully saturated rings. The van der Waals surface area contributed by atoms with Gasteiger partial charge in [-0.25, -0.2) is 4.98 Å². The van der Waals surface area contributed by atoms with Gasteiger partial charge in [-0.1, -0.05) is 23.7 Å². The van der Waals surface area contributed by atoms with Gasteiger partial charge in [-0.15, -0.1) is 11.3 Å². The minimum atomic E-state index is -0.0709. The maximum absolute atomic E-state index is 12.4. The van der Waals surface area contributed by atoms with Crippen LogP contribution < -0.4 is 5.32 Å². The molecule has 0 aliphatic heterocycles. The molecule has 2 aromatic heterocycles. The van der Waals surface area contributed by atoms with Crippen LogP contribution >= 0.6 is 22.9 Å². The number of amides is 1. The second-order valence-corrected chi connectivity index (χ2v) is 7.81. The van der Waals surface area contributed by atoms with E-state index in [0.717, 1.165) is 27.6 Å². The fraction of sp³-hybridized carbons (Fsp3) is 0.143. The third kappa shape index (κ3) is 3.75. The number of anilines is 1. The molecule has 4 nitrogen and oxygen atoms in total. The lowest BCUT2D eigenvalue weighted by atomic mass is 10.0. The summed E-state index contributed by atoms with van der Waals surface area (Å²) in [6.45, 7) is 4.20. The average molecular weight is 396 g/mol. The maximum Gasteiger partial charge on any atom is 0.230 e. The van der Waals surface area contributed by atoms with E-state index in [9.17, 15) is 4.79 Å². The lowest BCUT2D eigenvalue weighted by Gasteiger charge is -2.05. The lowest BCUT2D eigenvalue weighted by Crippen LogP contribution is -2.15. The highest BCUT2D eigenvalue weighted by molar-refractivity contribution is 7.15. The molecule has 2 aromatic carbocycles. The Kier molecular flexibility index (Phi) is 4.72. The largest absolute Gasteiger partial charge is 0.326 e. The van der Waals surface area contributed by atoms with Crippen molar-refractivity contribution in [3.63, 3.8) is 0 Å². The van der Waals surface area contributed by atoms with Gasteiger partial charge < -0.3 is 5.32 Å². The van der Waals surface area contributed by atoms with Crippen LogP contribution in [0.2, 0.25) is 5.02 Å². The number of carbonyl (C=O) groups excluding carboxylic acids is 1. The summed E-state index contributed by atoms with van der Waals surface area (Å²) in [6.07, 6.45) is 2.28. The molecule has 0 atom stereocenters. The Hall–Kier alpha value is -2.63. The summed E-state index contributed by atoms with van der Waals surface area (Å²) in [5.74, 6) is -0.0709. The SMILES string of the molecule is Cc1ccc(-c2cn3c(CC(=O)Nc4ccc(Cl)cc4)csc3n2)cc1C. The first kappa shape index (κ1) is 17.8. The zero-order valence-corrected chi connectivity index (χ0v) is 16.6. The van der Waals surface area contributed by atoms with Crippen molar-refractivity contribution in [3.05, 3.63) is 75.9 Å². The van der Waals surface area contributed by atoms with Crippen molar-refractivity contribution in [3.8, 4) is 11.3 Å². The number of carbonyl (C=O) groups is 1. The molecule has 6 heteroatoms. The van der Waals surface area contributed by atoms with Gasteiger partial charge in [-0.2, -0.15) is 0 Å². The Balaban J connectivity index is 1.55. The molecule has 4 aromatic rings. The molecule has 0 unspecified atom stereocenters. The van der Waals surface area contributed by atoms with Gasteiger partial charge in [0.2, 0.25) is 5.91 Å². The number of hydrogen-bond acceptors (Lipinski definition) is 3. The number of halogens is 1. The Morgan fingerprint density at radius 3 is 2.67 bits per heavy atom. The predicted octanol–water partition coefficient (Wildman–Crippen LogP) is 5.51. The molecular weight excluding hydrogens is 378 g/mol. The number of fused-ring (bicyclic) bond motifs is 1. The fourth-order valence-corrected chi connectivity index (χ4v) is 3.90. The quantitative estimate of drug-likeness (QED) is 0.495. The number of benzene rings is 2. The van der Waals surface area contributed by atoms with Crippen LogP contribution in [-0.2, 0) is 11.2 Å². The Morgan fingerprint density at radius 1 is 1.15 bits per heavy atom. The van der Waals surface area contributed by atoms with E-state index >= 15 is 0 Å². The van der Waals surface area contributed by atoms with Crippen molar-refractivity contribution in [1.29, 1.82) is 0 Å². The number of hydrogen-bond donors (Lipinski definition) is 1. The van der Waals surface area contributed by atoms with E-state index in [-0.39, 0.29) is 12.3 Å². The monoisotopic (exact) mass is 395 g/mol. The lowest BCUT2D eigenvalue weighted by molar-refractivity contribution is -0.115. The molecule has 0 aliphatic carbocycles. The number of aryl methyl sites for hydroxylation is 2. The van der Waals surface area contributed by atoms with E-state index in [2.05, 4.69) is 37.4 Å². The second-order valence-electron chi connectivity index (χ2n) is 6.54. The van der Waals surface area contributed by atoms with E-state index in [1.165, 1.54) is 11.1 Å². The van der Waals surface area contributed by atoms with Crippen LogP contribution in [0.25, 0.3) is 16.2 Å². The molecule has 0 spiro atoms. The van der Waals surface area contributed by atoms with Gasteiger partial charge in [0.1, 0.15) is 0 Å². The van der Waals surface area contributed by atoms with Gasteiger partial charge in [-0.3, -0.25) is 9.20 Å². The first-order valence-electron chi connectivity index (χ1n) is 8.58. The molecule has 1 N–H and O–H groups in total. The molecule has 1 amide bonds. The standard InChI is InChI=1S/C21H18ClN3OS/c1-13-3-4-15(9-14(13)2)19-11-25-18(12-27-21(25)24-19)10-20(26)23-17-7-5-16(22)6-8-17/h3-9,11-12H,10H2,1-2H3,(H,23,26). The average Bonchev–Trinajstić information content (AvgIpc) is 3.21. The second kappa shape index (κ2) is 7.18. The van der Waals surface area contributed by atoms with Gasteiger partial charge in [-0.05, 0) is 55.3 Å². The highest BCUT2D eigenvalue weighted by Gasteiger charge is 2.13. The van der Waals surface area contributed by atoms with Crippen LogP contribution in [0.5, 0.6) is 0 Å². The van der Waals surface area contributed by atoms with E-state index in [4.69, 9.17) is 16.6 Å². The molecule has 0 saturated heterocycles. The number of nitrogens with zero attached hydrogens (tertiary/aromatic N) is 2. The Labute approximate surface area is 166 Å². The molecule has 0 radical (unpaired) electrons. The minimum absolute atomic E-state index is 0.0709. The number of thiazole rings is 1. The van der Waals surface area contributed by atoms with E-state index in [0.29, 0.717) is 5.02 Å². The fourth-order valence-electron chi connectivity index (χ4n) is 2.90. The minimum Gasteiger partial charge on any atom is -0.326 e. The van der Waals surface area contributed by atoms with Crippen LogP contribution in [0.4, 0.5) is 5.69 Å². The smallest absolute Gasteiger partial charge is 0.230 e. The molecule has 4 rings (SSSR count). The summed E-state index contributed by atoms with van der Waals surface area (Å²) in [7, 11) is 0. The molecule has 0 saturated carbocycles. The maximum atomic E-state index is 12.4.